The molecular weight excluding hydrogens is 250 g/mol. The van der Waals surface area contributed by atoms with Crippen molar-refractivity contribution in [3.8, 4) is 6.07 Å². The van der Waals surface area contributed by atoms with Crippen LogP contribution in [0, 0.1) is 11.3 Å². The van der Waals surface area contributed by atoms with E-state index in [0.717, 1.165) is 0 Å². The van der Waals surface area contributed by atoms with Gasteiger partial charge in [-0.3, -0.25) is 4.79 Å². The molecule has 1 aromatic carbocycles. The summed E-state index contributed by atoms with van der Waals surface area (Å²) in [6.07, 6.45) is 0.357. The predicted octanol–water partition coefficient (Wildman–Crippen LogP) is 2.54. The fourth-order valence-corrected chi connectivity index (χ4v) is 1.64. The lowest BCUT2D eigenvalue weighted by Crippen LogP contribution is -2.31. The molecule has 0 fully saturated rings. The van der Waals surface area contributed by atoms with E-state index in [2.05, 4.69) is 16.7 Å². The smallest absolute Gasteiger partial charge is 0.221 e. The number of nitrogens with zero attached hydrogens (tertiary/aromatic N) is 1. The number of rotatable bonds is 5. The second-order valence-corrected chi connectivity index (χ2v) is 4.64. The summed E-state index contributed by atoms with van der Waals surface area (Å²) in [6, 6.07) is 7.20. The molecule has 0 unspecified atom stereocenters. The first-order valence-corrected chi connectivity index (χ1v) is 6.13. The van der Waals surface area contributed by atoms with Gasteiger partial charge in [0.1, 0.15) is 6.07 Å². The van der Waals surface area contributed by atoms with Crippen LogP contribution in [0.1, 0.15) is 25.8 Å². The van der Waals surface area contributed by atoms with E-state index in [1.807, 2.05) is 13.8 Å². The lowest BCUT2D eigenvalue weighted by molar-refractivity contribution is -0.121. The van der Waals surface area contributed by atoms with Gasteiger partial charge in [0, 0.05) is 24.0 Å². The van der Waals surface area contributed by atoms with Gasteiger partial charge < -0.3 is 10.6 Å². The molecule has 1 amide bonds. The van der Waals surface area contributed by atoms with Crippen LogP contribution in [0.5, 0.6) is 0 Å². The summed E-state index contributed by atoms with van der Waals surface area (Å²) in [5.74, 6) is -0.0157. The number of hydrogen-bond acceptors (Lipinski definition) is 3. The van der Waals surface area contributed by atoms with Crippen molar-refractivity contribution in [3.05, 3.63) is 28.8 Å². The van der Waals surface area contributed by atoms with Crippen molar-refractivity contribution in [2.75, 3.05) is 11.9 Å². The normalized spacial score (nSPS) is 9.94. The molecule has 0 aliphatic rings. The lowest BCUT2D eigenvalue weighted by atomic mass is 10.2. The van der Waals surface area contributed by atoms with E-state index in [9.17, 15) is 4.79 Å². The molecular formula is C13H16ClN3O. The first kappa shape index (κ1) is 14.3. The highest BCUT2D eigenvalue weighted by molar-refractivity contribution is 6.30. The molecule has 0 atom stereocenters. The largest absolute Gasteiger partial charge is 0.383 e. The molecule has 18 heavy (non-hydrogen) atoms. The molecule has 0 aliphatic heterocycles. The van der Waals surface area contributed by atoms with Crippen molar-refractivity contribution < 1.29 is 4.79 Å². The van der Waals surface area contributed by atoms with Crippen LogP contribution in [0.3, 0.4) is 0 Å². The third-order valence-electron chi connectivity index (χ3n) is 2.22. The zero-order chi connectivity index (χ0) is 13.5. The molecule has 4 nitrogen and oxygen atoms in total. The van der Waals surface area contributed by atoms with Crippen LogP contribution < -0.4 is 10.6 Å². The van der Waals surface area contributed by atoms with Crippen LogP contribution in [0.4, 0.5) is 5.69 Å². The summed E-state index contributed by atoms with van der Waals surface area (Å²) >= 11 is 5.86. The number of anilines is 1. The third-order valence-corrected chi connectivity index (χ3v) is 2.45. The second-order valence-electron chi connectivity index (χ2n) is 4.20. The minimum Gasteiger partial charge on any atom is -0.383 e. The summed E-state index contributed by atoms with van der Waals surface area (Å²) in [5, 5.41) is 15.3. The lowest BCUT2D eigenvalue weighted by Gasteiger charge is -2.10. The maximum absolute atomic E-state index is 11.4. The quantitative estimate of drug-likeness (QED) is 0.860. The predicted molar refractivity (Wildman–Crippen MR) is 72.6 cm³/mol. The average Bonchev–Trinajstić information content (AvgIpc) is 2.28. The van der Waals surface area contributed by atoms with Crippen LogP contribution in [0.25, 0.3) is 0 Å². The molecule has 1 aromatic rings. The maximum Gasteiger partial charge on any atom is 0.221 e. The number of hydrogen-bond donors (Lipinski definition) is 2. The molecule has 0 radical (unpaired) electrons. The first-order valence-electron chi connectivity index (χ1n) is 5.76. The number of carbonyl (C=O) groups excluding carboxylic acids is 1. The molecule has 2 N–H and O–H groups in total. The van der Waals surface area contributed by atoms with E-state index in [1.54, 1.807) is 18.2 Å². The van der Waals surface area contributed by atoms with E-state index in [1.165, 1.54) is 0 Å². The van der Waals surface area contributed by atoms with Crippen molar-refractivity contribution >= 4 is 23.2 Å². The van der Waals surface area contributed by atoms with Crippen molar-refractivity contribution in [2.45, 2.75) is 26.3 Å². The molecule has 5 heteroatoms. The van der Waals surface area contributed by atoms with Gasteiger partial charge >= 0.3 is 0 Å². The minimum absolute atomic E-state index is 0.0157. The summed E-state index contributed by atoms with van der Waals surface area (Å²) in [7, 11) is 0. The van der Waals surface area contributed by atoms with Gasteiger partial charge in [0.25, 0.3) is 0 Å². The Labute approximate surface area is 112 Å². The monoisotopic (exact) mass is 265 g/mol. The van der Waals surface area contributed by atoms with E-state index in [-0.39, 0.29) is 11.9 Å². The molecule has 1 rings (SSSR count). The first-order chi connectivity index (χ1) is 8.52. The van der Waals surface area contributed by atoms with E-state index < -0.39 is 0 Å². The van der Waals surface area contributed by atoms with Gasteiger partial charge in [0.15, 0.2) is 0 Å². The maximum atomic E-state index is 11.4. The van der Waals surface area contributed by atoms with Crippen LogP contribution in [0.2, 0.25) is 5.02 Å². The number of nitrogens with one attached hydrogen (secondary N) is 2. The minimum atomic E-state index is -0.0157. The zero-order valence-corrected chi connectivity index (χ0v) is 11.2. The molecule has 0 saturated carbocycles. The highest BCUT2D eigenvalue weighted by Gasteiger charge is 2.05. The molecule has 0 saturated heterocycles. The van der Waals surface area contributed by atoms with Gasteiger partial charge in [0.2, 0.25) is 5.91 Å². The van der Waals surface area contributed by atoms with Crippen molar-refractivity contribution in [1.29, 1.82) is 5.26 Å². The number of halogens is 1. The Balaban J connectivity index is 2.51. The standard InChI is InChI=1S/C13H16ClN3O/c1-9(2)17-13(18)5-6-16-12-7-11(14)4-3-10(12)8-15/h3-4,7,9,16H,5-6H2,1-2H3,(H,17,18). The van der Waals surface area contributed by atoms with Gasteiger partial charge in [-0.1, -0.05) is 11.6 Å². The number of nitriles is 1. The number of carbonyl (C=O) groups is 1. The van der Waals surface area contributed by atoms with Crippen LogP contribution >= 0.6 is 11.6 Å². The Morgan fingerprint density at radius 1 is 1.50 bits per heavy atom. The van der Waals surface area contributed by atoms with Gasteiger partial charge in [0.05, 0.1) is 11.3 Å². The Kier molecular flexibility index (Phi) is 5.47. The highest BCUT2D eigenvalue weighted by Crippen LogP contribution is 2.20. The summed E-state index contributed by atoms with van der Waals surface area (Å²) < 4.78 is 0. The molecule has 0 spiro atoms. The summed E-state index contributed by atoms with van der Waals surface area (Å²) in [5.41, 5.74) is 1.17. The number of benzene rings is 1. The molecule has 0 bridgehead atoms. The molecule has 0 aromatic heterocycles. The van der Waals surface area contributed by atoms with E-state index >= 15 is 0 Å². The number of amides is 1. The van der Waals surface area contributed by atoms with Crippen molar-refractivity contribution in [1.82, 2.24) is 5.32 Å². The summed E-state index contributed by atoms with van der Waals surface area (Å²) in [4.78, 5) is 11.4. The second kappa shape index (κ2) is 6.87. The van der Waals surface area contributed by atoms with Gasteiger partial charge in [-0.05, 0) is 32.0 Å². The molecule has 96 valence electrons. The third kappa shape index (κ3) is 4.64. The van der Waals surface area contributed by atoms with Gasteiger partial charge in [-0.15, -0.1) is 0 Å². The Bertz CT molecular complexity index is 466. The zero-order valence-electron chi connectivity index (χ0n) is 10.5. The molecule has 0 heterocycles. The van der Waals surface area contributed by atoms with Crippen molar-refractivity contribution in [3.63, 3.8) is 0 Å². The average molecular weight is 266 g/mol. The van der Waals surface area contributed by atoms with Crippen LogP contribution in [-0.4, -0.2) is 18.5 Å². The van der Waals surface area contributed by atoms with Gasteiger partial charge in [-0.25, -0.2) is 0 Å². The topological polar surface area (TPSA) is 64.9 Å². The molecule has 0 aliphatic carbocycles. The Morgan fingerprint density at radius 3 is 2.83 bits per heavy atom. The summed E-state index contributed by atoms with van der Waals surface area (Å²) in [6.45, 7) is 4.29. The fraction of sp³-hybridized carbons (Fsp3) is 0.385. The van der Waals surface area contributed by atoms with Crippen molar-refractivity contribution in [2.24, 2.45) is 0 Å². The fourth-order valence-electron chi connectivity index (χ4n) is 1.47. The van der Waals surface area contributed by atoms with E-state index in [4.69, 9.17) is 16.9 Å². The Morgan fingerprint density at radius 2 is 2.22 bits per heavy atom. The van der Waals surface area contributed by atoms with E-state index in [0.29, 0.717) is 29.2 Å². The SMILES string of the molecule is CC(C)NC(=O)CCNc1cc(Cl)ccc1C#N. The van der Waals surface area contributed by atoms with Crippen LogP contribution in [-0.2, 0) is 4.79 Å². The van der Waals surface area contributed by atoms with Crippen LogP contribution in [0.15, 0.2) is 18.2 Å². The highest BCUT2D eigenvalue weighted by atomic mass is 35.5. The Hall–Kier alpha value is -1.73. The van der Waals surface area contributed by atoms with Gasteiger partial charge in [-0.2, -0.15) is 5.26 Å².